The van der Waals surface area contributed by atoms with E-state index in [1.807, 2.05) is 24.7 Å². The minimum atomic E-state index is -1.13. The van der Waals surface area contributed by atoms with Crippen molar-refractivity contribution >= 4 is 23.1 Å². The zero-order valence-electron chi connectivity index (χ0n) is 11.7. The van der Waals surface area contributed by atoms with E-state index in [-0.39, 0.29) is 12.0 Å². The third-order valence-corrected chi connectivity index (χ3v) is 3.99. The molecule has 22 heavy (non-hydrogen) atoms. The normalized spacial score (nSPS) is 15.8. The number of nitrogens with zero attached hydrogens (tertiary/aromatic N) is 3. The van der Waals surface area contributed by atoms with Crippen molar-refractivity contribution in [2.45, 2.75) is 18.9 Å². The molecule has 1 fully saturated rings. The molecule has 3 N–H and O–H groups in total. The number of amides is 1. The van der Waals surface area contributed by atoms with Crippen LogP contribution in [0.4, 0.5) is 10.7 Å². The molecule has 7 nitrogen and oxygen atoms in total. The Morgan fingerprint density at radius 2 is 2.32 bits per heavy atom. The predicted octanol–water partition coefficient (Wildman–Crippen LogP) is 2.85. The molecule has 0 bridgehead atoms. The number of anilines is 1. The molecule has 112 valence electrons. The third-order valence-electron chi connectivity index (χ3n) is 3.99. The first-order valence-electron chi connectivity index (χ1n) is 7.18. The molecule has 2 heterocycles. The van der Waals surface area contributed by atoms with Crippen molar-refractivity contribution in [3.05, 3.63) is 42.5 Å². The summed E-state index contributed by atoms with van der Waals surface area (Å²) in [5.74, 6) is 0.868. The summed E-state index contributed by atoms with van der Waals surface area (Å²) in [4.78, 5) is 22.1. The number of aromatic nitrogens is 4. The van der Waals surface area contributed by atoms with Gasteiger partial charge >= 0.3 is 6.09 Å². The number of carboxylic acid groups (broad SMARTS) is 1. The molecule has 1 aliphatic rings. The standard InChI is InChI=1S/C15H15N5O2/c21-15(22)19-14-17-11-4-3-10(7-12(11)18-14)13(9-1-2-9)20-6-5-16-8-20/h3-9,13H,1-2H2,(H,21,22)(H2,17,18,19). The summed E-state index contributed by atoms with van der Waals surface area (Å²) in [6.45, 7) is 0. The molecular formula is C15H15N5O2. The highest BCUT2D eigenvalue weighted by molar-refractivity contribution is 5.85. The van der Waals surface area contributed by atoms with Crippen molar-refractivity contribution in [3.8, 4) is 0 Å². The monoisotopic (exact) mass is 297 g/mol. The van der Waals surface area contributed by atoms with Crippen molar-refractivity contribution in [1.82, 2.24) is 19.5 Å². The smallest absolute Gasteiger partial charge is 0.411 e. The van der Waals surface area contributed by atoms with Crippen molar-refractivity contribution in [3.63, 3.8) is 0 Å². The average molecular weight is 297 g/mol. The van der Waals surface area contributed by atoms with Crippen LogP contribution in [0.1, 0.15) is 24.4 Å². The molecule has 4 rings (SSSR count). The summed E-state index contributed by atoms with van der Waals surface area (Å²) in [5, 5.41) is 11.0. The van der Waals surface area contributed by atoms with Crippen molar-refractivity contribution in [2.24, 2.45) is 5.92 Å². The fourth-order valence-electron chi connectivity index (χ4n) is 2.90. The first-order chi connectivity index (χ1) is 10.7. The maximum absolute atomic E-state index is 10.7. The Morgan fingerprint density at radius 1 is 1.45 bits per heavy atom. The lowest BCUT2D eigenvalue weighted by Crippen LogP contribution is -2.10. The summed E-state index contributed by atoms with van der Waals surface area (Å²) in [6, 6.07) is 6.28. The van der Waals surface area contributed by atoms with E-state index < -0.39 is 6.09 Å². The van der Waals surface area contributed by atoms with E-state index in [1.165, 1.54) is 18.4 Å². The highest BCUT2D eigenvalue weighted by Gasteiger charge is 2.33. The SMILES string of the molecule is O=C(O)Nc1nc2cc(C(C3CC3)n3ccnc3)ccc2[nH]1. The van der Waals surface area contributed by atoms with Crippen LogP contribution >= 0.6 is 0 Å². The summed E-state index contributed by atoms with van der Waals surface area (Å²) >= 11 is 0. The Kier molecular flexibility index (Phi) is 2.85. The molecule has 3 aromatic rings. The van der Waals surface area contributed by atoms with Gasteiger partial charge in [-0.1, -0.05) is 6.07 Å². The molecule has 2 aromatic heterocycles. The summed E-state index contributed by atoms with van der Waals surface area (Å²) < 4.78 is 2.13. The average Bonchev–Trinajstić information content (AvgIpc) is 3.00. The molecule has 0 saturated heterocycles. The maximum atomic E-state index is 10.7. The van der Waals surface area contributed by atoms with E-state index in [1.54, 1.807) is 6.20 Å². The fraction of sp³-hybridized carbons (Fsp3) is 0.267. The summed E-state index contributed by atoms with van der Waals surface area (Å²) in [5.41, 5.74) is 2.74. The van der Waals surface area contributed by atoms with Crippen LogP contribution in [0.5, 0.6) is 0 Å². The second-order valence-electron chi connectivity index (χ2n) is 5.58. The van der Waals surface area contributed by atoms with Crippen LogP contribution in [0.2, 0.25) is 0 Å². The minimum Gasteiger partial charge on any atom is -0.465 e. The second kappa shape index (κ2) is 4.87. The van der Waals surface area contributed by atoms with E-state index in [9.17, 15) is 4.79 Å². The van der Waals surface area contributed by atoms with Crippen LogP contribution in [-0.4, -0.2) is 30.7 Å². The molecule has 1 unspecified atom stereocenters. The van der Waals surface area contributed by atoms with E-state index in [2.05, 4.69) is 30.9 Å². The highest BCUT2D eigenvalue weighted by atomic mass is 16.4. The molecule has 1 amide bonds. The third kappa shape index (κ3) is 2.30. The number of hydrogen-bond acceptors (Lipinski definition) is 3. The molecule has 1 aromatic carbocycles. The van der Waals surface area contributed by atoms with Crippen LogP contribution in [0, 0.1) is 5.92 Å². The van der Waals surface area contributed by atoms with Crippen LogP contribution < -0.4 is 5.32 Å². The van der Waals surface area contributed by atoms with Crippen LogP contribution in [0.15, 0.2) is 36.9 Å². The first-order valence-corrected chi connectivity index (χ1v) is 7.18. The van der Waals surface area contributed by atoms with Crippen molar-refractivity contribution in [1.29, 1.82) is 0 Å². The van der Waals surface area contributed by atoms with Gasteiger partial charge in [-0.3, -0.25) is 5.32 Å². The van der Waals surface area contributed by atoms with Crippen molar-refractivity contribution in [2.75, 3.05) is 5.32 Å². The number of carbonyl (C=O) groups is 1. The lowest BCUT2D eigenvalue weighted by Gasteiger charge is -2.18. The quantitative estimate of drug-likeness (QED) is 0.690. The highest BCUT2D eigenvalue weighted by Crippen LogP contribution is 2.43. The zero-order valence-corrected chi connectivity index (χ0v) is 11.7. The summed E-state index contributed by atoms with van der Waals surface area (Å²) in [6.07, 6.45) is 6.91. The van der Waals surface area contributed by atoms with E-state index >= 15 is 0 Å². The van der Waals surface area contributed by atoms with Gasteiger partial charge in [-0.25, -0.2) is 14.8 Å². The lowest BCUT2D eigenvalue weighted by molar-refractivity contribution is 0.209. The molecule has 1 aliphatic carbocycles. The Labute approximate surface area is 126 Å². The number of hydrogen-bond donors (Lipinski definition) is 3. The number of imidazole rings is 2. The van der Waals surface area contributed by atoms with Gasteiger partial charge in [0, 0.05) is 12.4 Å². The summed E-state index contributed by atoms with van der Waals surface area (Å²) in [7, 11) is 0. The molecule has 1 saturated carbocycles. The van der Waals surface area contributed by atoms with E-state index in [0.717, 1.165) is 11.0 Å². The van der Waals surface area contributed by atoms with E-state index in [4.69, 9.17) is 5.11 Å². The van der Waals surface area contributed by atoms with Gasteiger partial charge in [0.2, 0.25) is 5.95 Å². The van der Waals surface area contributed by atoms with E-state index in [0.29, 0.717) is 5.92 Å². The van der Waals surface area contributed by atoms with Gasteiger partial charge < -0.3 is 14.7 Å². The maximum Gasteiger partial charge on any atom is 0.411 e. The van der Waals surface area contributed by atoms with Gasteiger partial charge in [0.05, 0.1) is 23.4 Å². The van der Waals surface area contributed by atoms with Gasteiger partial charge in [0.15, 0.2) is 0 Å². The number of benzene rings is 1. The van der Waals surface area contributed by atoms with Gasteiger partial charge in [0.25, 0.3) is 0 Å². The molecule has 0 spiro atoms. The fourth-order valence-corrected chi connectivity index (χ4v) is 2.90. The van der Waals surface area contributed by atoms with Gasteiger partial charge in [-0.15, -0.1) is 0 Å². The number of nitrogens with one attached hydrogen (secondary N) is 2. The topological polar surface area (TPSA) is 95.8 Å². The Balaban J connectivity index is 1.73. The van der Waals surface area contributed by atoms with Crippen molar-refractivity contribution < 1.29 is 9.90 Å². The second-order valence-corrected chi connectivity index (χ2v) is 5.58. The number of aromatic amines is 1. The molecule has 1 atom stereocenters. The van der Waals surface area contributed by atoms with Gasteiger partial charge in [-0.05, 0) is 36.5 Å². The molecular weight excluding hydrogens is 282 g/mol. The Hall–Kier alpha value is -2.83. The van der Waals surface area contributed by atoms with Crippen LogP contribution in [0.3, 0.4) is 0 Å². The predicted molar refractivity (Wildman–Crippen MR) is 80.8 cm³/mol. The molecule has 7 heteroatoms. The van der Waals surface area contributed by atoms with Gasteiger partial charge in [0.1, 0.15) is 0 Å². The minimum absolute atomic E-state index is 0.241. The van der Waals surface area contributed by atoms with Gasteiger partial charge in [-0.2, -0.15) is 0 Å². The molecule has 0 aliphatic heterocycles. The Morgan fingerprint density at radius 3 is 3.00 bits per heavy atom. The number of fused-ring (bicyclic) bond motifs is 1. The van der Waals surface area contributed by atoms with Crippen LogP contribution in [0.25, 0.3) is 11.0 Å². The number of H-pyrrole nitrogens is 1. The molecule has 0 radical (unpaired) electrons. The zero-order chi connectivity index (χ0) is 15.1. The Bertz CT molecular complexity index is 820. The van der Waals surface area contributed by atoms with Crippen LogP contribution in [-0.2, 0) is 0 Å². The lowest BCUT2D eigenvalue weighted by atomic mass is 10.0. The number of rotatable bonds is 4. The largest absolute Gasteiger partial charge is 0.465 e. The first kappa shape index (κ1) is 12.9.